The van der Waals surface area contributed by atoms with Crippen LogP contribution in [-0.2, 0) is 0 Å². The predicted octanol–water partition coefficient (Wildman–Crippen LogP) is -1.38. The quantitative estimate of drug-likeness (QED) is 0.352. The predicted molar refractivity (Wildman–Crippen MR) is 32.9 cm³/mol. The normalized spacial score (nSPS) is 7.56. The summed E-state index contributed by atoms with van der Waals surface area (Å²) in [5.74, 6) is 0. The van der Waals surface area contributed by atoms with Gasteiger partial charge in [-0.25, -0.2) is 0 Å². The summed E-state index contributed by atoms with van der Waals surface area (Å²) >= 11 is 0. The van der Waals surface area contributed by atoms with Gasteiger partial charge in [0.25, 0.3) is 0 Å². The van der Waals surface area contributed by atoms with Gasteiger partial charge in [0, 0.05) is 5.56 Å². The molecule has 0 unspecified atom stereocenters. The van der Waals surface area contributed by atoms with Gasteiger partial charge in [0.05, 0.1) is 0 Å². The summed E-state index contributed by atoms with van der Waals surface area (Å²) in [5.41, 5.74) is 0.729. The topological polar surface area (TPSA) is 17.1 Å². The molecule has 0 atom stereocenters. The van der Waals surface area contributed by atoms with E-state index in [0.29, 0.717) is 0 Å². The molecule has 0 saturated carbocycles. The monoisotopic (exact) mass is 146 g/mol. The third-order valence-electron chi connectivity index (χ3n) is 0.936. The van der Waals surface area contributed by atoms with Crippen molar-refractivity contribution in [1.29, 1.82) is 0 Å². The fraction of sp³-hybridized carbons (Fsp3) is 0. The van der Waals surface area contributed by atoms with E-state index in [0.717, 1.165) is 11.8 Å². The minimum absolute atomic E-state index is 0. The molecule has 0 saturated heterocycles. The van der Waals surface area contributed by atoms with Crippen molar-refractivity contribution in [3.05, 3.63) is 35.9 Å². The Hall–Kier alpha value is 0.526. The molecule has 1 rings (SSSR count). The molecular formula is C7H7KO. The van der Waals surface area contributed by atoms with Crippen LogP contribution >= 0.6 is 0 Å². The van der Waals surface area contributed by atoms with Crippen LogP contribution in [0.25, 0.3) is 0 Å². The molecule has 2 heteroatoms. The van der Waals surface area contributed by atoms with Crippen molar-refractivity contribution in [2.45, 2.75) is 0 Å². The van der Waals surface area contributed by atoms with E-state index in [1.54, 1.807) is 12.1 Å². The van der Waals surface area contributed by atoms with E-state index in [4.69, 9.17) is 0 Å². The molecule has 0 heterocycles. The molecule has 0 aliphatic carbocycles. The summed E-state index contributed by atoms with van der Waals surface area (Å²) in [5, 5.41) is 0. The third-order valence-corrected chi connectivity index (χ3v) is 0.936. The molecule has 42 valence electrons. The van der Waals surface area contributed by atoms with Crippen molar-refractivity contribution in [3.8, 4) is 0 Å². The molecule has 0 aliphatic rings. The summed E-state index contributed by atoms with van der Waals surface area (Å²) < 4.78 is 0. The van der Waals surface area contributed by atoms with Gasteiger partial charge in [-0.2, -0.15) is 0 Å². The van der Waals surface area contributed by atoms with Gasteiger partial charge in [-0.3, -0.25) is 4.79 Å². The van der Waals surface area contributed by atoms with Gasteiger partial charge in [0.1, 0.15) is 6.29 Å². The van der Waals surface area contributed by atoms with Crippen LogP contribution in [0.1, 0.15) is 11.8 Å². The molecule has 0 fully saturated rings. The number of carbonyl (C=O) groups is 1. The van der Waals surface area contributed by atoms with Gasteiger partial charge < -0.3 is 1.43 Å². The summed E-state index contributed by atoms with van der Waals surface area (Å²) in [4.78, 5) is 10.0. The van der Waals surface area contributed by atoms with Crippen molar-refractivity contribution < 1.29 is 57.6 Å². The molecule has 9 heavy (non-hydrogen) atoms. The van der Waals surface area contributed by atoms with Crippen LogP contribution in [0.15, 0.2) is 30.3 Å². The molecule has 0 spiro atoms. The van der Waals surface area contributed by atoms with Crippen molar-refractivity contribution in [1.82, 2.24) is 0 Å². The zero-order valence-electron chi connectivity index (χ0n) is 6.37. The number of aldehydes is 1. The molecular weight excluding hydrogens is 139 g/mol. The van der Waals surface area contributed by atoms with Crippen molar-refractivity contribution in [2.24, 2.45) is 0 Å². The Morgan fingerprint density at radius 3 is 2.11 bits per heavy atom. The van der Waals surface area contributed by atoms with E-state index in [1.807, 2.05) is 18.2 Å². The Labute approximate surface area is 98.4 Å². The van der Waals surface area contributed by atoms with Crippen LogP contribution < -0.4 is 51.4 Å². The van der Waals surface area contributed by atoms with Crippen molar-refractivity contribution in [3.63, 3.8) is 0 Å². The second-order valence-electron chi connectivity index (χ2n) is 1.53. The molecule has 0 N–H and O–H groups in total. The summed E-state index contributed by atoms with van der Waals surface area (Å²) in [6.07, 6.45) is 0.833. The maximum absolute atomic E-state index is 10.0. The minimum atomic E-state index is 0. The van der Waals surface area contributed by atoms with E-state index < -0.39 is 0 Å². The SMILES string of the molecule is O=Cc1ccccc1.[H-].[K+]. The Morgan fingerprint density at radius 1 is 1.22 bits per heavy atom. The number of carbonyl (C=O) groups excluding carboxylic acids is 1. The zero-order valence-corrected chi connectivity index (χ0v) is 8.50. The fourth-order valence-electron chi connectivity index (χ4n) is 0.532. The van der Waals surface area contributed by atoms with Gasteiger partial charge in [0.15, 0.2) is 0 Å². The number of rotatable bonds is 1. The van der Waals surface area contributed by atoms with Crippen molar-refractivity contribution in [2.75, 3.05) is 0 Å². The van der Waals surface area contributed by atoms with Gasteiger partial charge in [0.2, 0.25) is 0 Å². The zero-order chi connectivity index (χ0) is 5.82. The van der Waals surface area contributed by atoms with Crippen LogP contribution in [0.2, 0.25) is 0 Å². The van der Waals surface area contributed by atoms with Crippen molar-refractivity contribution >= 4 is 6.29 Å². The first-order valence-electron chi connectivity index (χ1n) is 2.44. The van der Waals surface area contributed by atoms with Gasteiger partial charge >= 0.3 is 51.4 Å². The molecule has 0 aliphatic heterocycles. The second kappa shape index (κ2) is 5.32. The average Bonchev–Trinajstić information content (AvgIpc) is 1.90. The Bertz CT molecular complexity index is 176. The van der Waals surface area contributed by atoms with E-state index in [-0.39, 0.29) is 52.8 Å². The molecule has 0 bridgehead atoms. The van der Waals surface area contributed by atoms with Crippen LogP contribution in [0, 0.1) is 0 Å². The van der Waals surface area contributed by atoms with E-state index >= 15 is 0 Å². The Balaban J connectivity index is 0. The first-order valence-corrected chi connectivity index (χ1v) is 2.44. The first-order chi connectivity index (χ1) is 3.93. The largest absolute Gasteiger partial charge is 1.00 e. The summed E-state index contributed by atoms with van der Waals surface area (Å²) in [6, 6.07) is 9.10. The maximum Gasteiger partial charge on any atom is 1.00 e. The van der Waals surface area contributed by atoms with E-state index in [1.165, 1.54) is 0 Å². The molecule has 0 amide bonds. The first kappa shape index (κ1) is 9.53. The van der Waals surface area contributed by atoms with E-state index in [9.17, 15) is 4.79 Å². The summed E-state index contributed by atoms with van der Waals surface area (Å²) in [6.45, 7) is 0. The van der Waals surface area contributed by atoms with Gasteiger partial charge in [-0.1, -0.05) is 30.3 Å². The van der Waals surface area contributed by atoms with Crippen LogP contribution in [0.4, 0.5) is 0 Å². The Kier molecular flexibility index (Phi) is 5.63. The van der Waals surface area contributed by atoms with Gasteiger partial charge in [-0.05, 0) is 0 Å². The van der Waals surface area contributed by atoms with Crippen LogP contribution in [0.5, 0.6) is 0 Å². The van der Waals surface area contributed by atoms with E-state index in [2.05, 4.69) is 0 Å². The fourth-order valence-corrected chi connectivity index (χ4v) is 0.532. The standard InChI is InChI=1S/C7H6O.K.H/c8-6-7-4-2-1-3-5-7;;/h1-6H;;/q;+1;-1. The summed E-state index contributed by atoms with van der Waals surface area (Å²) in [7, 11) is 0. The van der Waals surface area contributed by atoms with Crippen LogP contribution in [0.3, 0.4) is 0 Å². The molecule has 1 aromatic carbocycles. The maximum atomic E-state index is 10.0. The average molecular weight is 146 g/mol. The smallest absolute Gasteiger partial charge is 1.00 e. The molecule has 0 radical (unpaired) electrons. The number of hydrogen-bond donors (Lipinski definition) is 0. The third kappa shape index (κ3) is 3.28. The minimum Gasteiger partial charge on any atom is -1.00 e. The van der Waals surface area contributed by atoms with Crippen LogP contribution in [-0.4, -0.2) is 6.29 Å². The Morgan fingerprint density at radius 2 is 1.78 bits per heavy atom. The number of hydrogen-bond acceptors (Lipinski definition) is 1. The molecule has 1 nitrogen and oxygen atoms in total. The molecule has 1 aromatic rings. The molecule has 0 aromatic heterocycles. The van der Waals surface area contributed by atoms with Gasteiger partial charge in [-0.15, -0.1) is 0 Å². The second-order valence-corrected chi connectivity index (χ2v) is 1.53. The number of benzene rings is 1.